The topological polar surface area (TPSA) is 76.6 Å². The van der Waals surface area contributed by atoms with Crippen LogP contribution in [-0.4, -0.2) is 79.2 Å². The predicted octanol–water partition coefficient (Wildman–Crippen LogP) is 4.40. The summed E-state index contributed by atoms with van der Waals surface area (Å²) < 4.78 is 14.3. The van der Waals surface area contributed by atoms with Gasteiger partial charge >= 0.3 is 6.03 Å². The molecular weight excluding hydrogens is 477 g/mol. The fraction of sp³-hybridized carbons (Fsp3) is 0.435. The smallest absolute Gasteiger partial charge is 0.321 e. The van der Waals surface area contributed by atoms with E-state index in [2.05, 4.69) is 37.4 Å². The molecule has 1 aliphatic heterocycles. The SMILES string of the molecule is CN1CCN(CCCCNC(=O)Nc2nc3ccc(N(C)c4ccc(Cl)cc4F)nc3s2)CC1. The Hall–Kier alpha value is -2.53. The van der Waals surface area contributed by atoms with Gasteiger partial charge in [-0.05, 0) is 56.8 Å². The van der Waals surface area contributed by atoms with Gasteiger partial charge in [0.05, 0.1) is 5.69 Å². The Labute approximate surface area is 207 Å². The lowest BCUT2D eigenvalue weighted by molar-refractivity contribution is 0.152. The number of anilines is 3. The third kappa shape index (κ3) is 6.32. The number of piperazine rings is 1. The van der Waals surface area contributed by atoms with Crippen LogP contribution in [0.3, 0.4) is 0 Å². The highest BCUT2D eigenvalue weighted by Gasteiger charge is 2.15. The number of nitrogens with zero attached hydrogens (tertiary/aromatic N) is 5. The summed E-state index contributed by atoms with van der Waals surface area (Å²) in [7, 11) is 3.89. The van der Waals surface area contributed by atoms with Gasteiger partial charge in [-0.25, -0.2) is 19.2 Å². The third-order valence-electron chi connectivity index (χ3n) is 5.86. The summed E-state index contributed by atoms with van der Waals surface area (Å²) in [6.45, 7) is 6.15. The minimum atomic E-state index is -0.427. The molecule has 3 heterocycles. The van der Waals surface area contributed by atoms with E-state index >= 15 is 0 Å². The Morgan fingerprint density at radius 2 is 1.97 bits per heavy atom. The van der Waals surface area contributed by atoms with Gasteiger partial charge < -0.3 is 20.0 Å². The molecule has 0 spiro atoms. The first-order valence-electron chi connectivity index (χ1n) is 11.3. The van der Waals surface area contributed by atoms with Crippen molar-refractivity contribution in [2.24, 2.45) is 0 Å². The van der Waals surface area contributed by atoms with Gasteiger partial charge in [0.25, 0.3) is 0 Å². The first kappa shape index (κ1) is 24.6. The number of amides is 2. The maximum atomic E-state index is 14.3. The van der Waals surface area contributed by atoms with E-state index in [1.54, 1.807) is 36.2 Å². The monoisotopic (exact) mass is 505 g/mol. The average molecular weight is 506 g/mol. The summed E-state index contributed by atoms with van der Waals surface area (Å²) in [5, 5.41) is 6.48. The van der Waals surface area contributed by atoms with E-state index in [-0.39, 0.29) is 6.03 Å². The highest BCUT2D eigenvalue weighted by atomic mass is 35.5. The number of nitrogens with one attached hydrogen (secondary N) is 2. The van der Waals surface area contributed by atoms with Gasteiger partial charge in [-0.15, -0.1) is 0 Å². The summed E-state index contributed by atoms with van der Waals surface area (Å²) in [4.78, 5) is 28.4. The van der Waals surface area contributed by atoms with Crippen LogP contribution in [0.2, 0.25) is 5.02 Å². The van der Waals surface area contributed by atoms with Crippen LogP contribution >= 0.6 is 22.9 Å². The number of hydrogen-bond donors (Lipinski definition) is 2. The van der Waals surface area contributed by atoms with Gasteiger partial charge in [-0.2, -0.15) is 0 Å². The van der Waals surface area contributed by atoms with Crippen molar-refractivity contribution in [3.05, 3.63) is 41.2 Å². The third-order valence-corrected chi connectivity index (χ3v) is 6.97. The number of unbranched alkanes of at least 4 members (excludes halogenated alkanes) is 1. The highest BCUT2D eigenvalue weighted by Crippen LogP contribution is 2.30. The van der Waals surface area contributed by atoms with E-state index in [0.29, 0.717) is 38.6 Å². The van der Waals surface area contributed by atoms with Crippen molar-refractivity contribution in [2.75, 3.05) is 63.6 Å². The number of aromatic nitrogens is 2. The molecule has 182 valence electrons. The van der Waals surface area contributed by atoms with Crippen LogP contribution in [0.1, 0.15) is 12.8 Å². The van der Waals surface area contributed by atoms with Crippen molar-refractivity contribution in [3.63, 3.8) is 0 Å². The molecule has 4 rings (SSSR count). The van der Waals surface area contributed by atoms with E-state index < -0.39 is 5.82 Å². The highest BCUT2D eigenvalue weighted by molar-refractivity contribution is 7.22. The number of urea groups is 1. The van der Waals surface area contributed by atoms with E-state index in [0.717, 1.165) is 45.6 Å². The number of pyridine rings is 1. The molecule has 0 unspecified atom stereocenters. The molecule has 8 nitrogen and oxygen atoms in total. The molecule has 1 aliphatic rings. The fourth-order valence-electron chi connectivity index (χ4n) is 3.80. The van der Waals surface area contributed by atoms with Crippen LogP contribution in [0.5, 0.6) is 0 Å². The van der Waals surface area contributed by atoms with Gasteiger partial charge in [-0.1, -0.05) is 22.9 Å². The minimum absolute atomic E-state index is 0.278. The van der Waals surface area contributed by atoms with Crippen molar-refractivity contribution in [1.29, 1.82) is 0 Å². The number of fused-ring (bicyclic) bond motifs is 1. The van der Waals surface area contributed by atoms with Crippen molar-refractivity contribution in [1.82, 2.24) is 25.1 Å². The summed E-state index contributed by atoms with van der Waals surface area (Å²) >= 11 is 7.13. The molecule has 0 atom stereocenters. The summed E-state index contributed by atoms with van der Waals surface area (Å²) in [6.07, 6.45) is 1.98. The van der Waals surface area contributed by atoms with Crippen molar-refractivity contribution in [3.8, 4) is 0 Å². The number of carbonyl (C=O) groups excluding carboxylic acids is 1. The van der Waals surface area contributed by atoms with Gasteiger partial charge in [0.1, 0.15) is 22.0 Å². The van der Waals surface area contributed by atoms with Crippen LogP contribution in [0, 0.1) is 5.82 Å². The number of rotatable bonds is 8. The lowest BCUT2D eigenvalue weighted by Crippen LogP contribution is -2.44. The maximum Gasteiger partial charge on any atom is 0.321 e. The number of likely N-dealkylation sites (N-methyl/N-ethyl adjacent to an activating group) is 1. The molecule has 1 aromatic carbocycles. The second-order valence-electron chi connectivity index (χ2n) is 8.40. The van der Waals surface area contributed by atoms with E-state index in [1.807, 2.05) is 0 Å². The van der Waals surface area contributed by atoms with Gasteiger partial charge in [-0.3, -0.25) is 5.32 Å². The van der Waals surface area contributed by atoms with Crippen LogP contribution in [0.4, 0.5) is 25.8 Å². The largest absolute Gasteiger partial charge is 0.338 e. The number of halogens is 2. The summed E-state index contributed by atoms with van der Waals surface area (Å²) in [5.74, 6) is 0.137. The molecule has 2 aromatic heterocycles. The molecule has 0 aliphatic carbocycles. The normalized spacial score (nSPS) is 14.9. The standard InChI is InChI=1S/C23H29ClFN7OS/c1-30-11-13-32(14-12-30)10-4-3-9-26-22(33)29-23-27-18-6-8-20(28-21(18)34-23)31(2)19-7-5-16(24)15-17(19)25/h5-8,15H,3-4,9-14H2,1-2H3,(H2,26,27,29,33). The van der Waals surface area contributed by atoms with E-state index in [4.69, 9.17) is 11.6 Å². The Kier molecular flexibility index (Phi) is 8.15. The second kappa shape index (κ2) is 11.3. The lowest BCUT2D eigenvalue weighted by Gasteiger charge is -2.32. The molecule has 3 aromatic rings. The minimum Gasteiger partial charge on any atom is -0.338 e. The van der Waals surface area contributed by atoms with Crippen LogP contribution < -0.4 is 15.5 Å². The van der Waals surface area contributed by atoms with Crippen molar-refractivity contribution in [2.45, 2.75) is 12.8 Å². The number of thiazole rings is 1. The van der Waals surface area contributed by atoms with Gasteiger partial charge in [0.15, 0.2) is 5.13 Å². The Bertz CT molecular complexity index is 1140. The number of hydrogen-bond acceptors (Lipinski definition) is 7. The Morgan fingerprint density at radius 3 is 2.74 bits per heavy atom. The molecule has 1 fully saturated rings. The number of benzene rings is 1. The zero-order chi connectivity index (χ0) is 24.1. The molecule has 2 N–H and O–H groups in total. The average Bonchev–Trinajstić information content (AvgIpc) is 3.21. The van der Waals surface area contributed by atoms with Crippen molar-refractivity contribution >= 4 is 56.0 Å². The van der Waals surface area contributed by atoms with Gasteiger partial charge in [0.2, 0.25) is 0 Å². The zero-order valence-corrected chi connectivity index (χ0v) is 20.9. The van der Waals surface area contributed by atoms with E-state index in [9.17, 15) is 9.18 Å². The quantitative estimate of drug-likeness (QED) is 0.442. The molecular formula is C23H29ClFN7OS. The van der Waals surface area contributed by atoms with E-state index in [1.165, 1.54) is 17.4 Å². The molecule has 34 heavy (non-hydrogen) atoms. The molecule has 1 saturated heterocycles. The molecule has 0 radical (unpaired) electrons. The molecule has 11 heteroatoms. The molecule has 2 amide bonds. The van der Waals surface area contributed by atoms with Crippen LogP contribution in [0.25, 0.3) is 10.3 Å². The maximum absolute atomic E-state index is 14.3. The van der Waals surface area contributed by atoms with Crippen molar-refractivity contribution < 1.29 is 9.18 Å². The first-order chi connectivity index (χ1) is 16.4. The Morgan fingerprint density at radius 1 is 1.18 bits per heavy atom. The zero-order valence-electron chi connectivity index (χ0n) is 19.4. The lowest BCUT2D eigenvalue weighted by atomic mass is 10.2. The summed E-state index contributed by atoms with van der Waals surface area (Å²) in [5.41, 5.74) is 1.03. The fourth-order valence-corrected chi connectivity index (χ4v) is 4.79. The molecule has 0 saturated carbocycles. The Balaban J connectivity index is 1.27. The second-order valence-corrected chi connectivity index (χ2v) is 9.81. The van der Waals surface area contributed by atoms with Crippen LogP contribution in [0.15, 0.2) is 30.3 Å². The molecule has 0 bridgehead atoms. The first-order valence-corrected chi connectivity index (χ1v) is 12.5. The predicted molar refractivity (Wildman–Crippen MR) is 137 cm³/mol. The summed E-state index contributed by atoms with van der Waals surface area (Å²) in [6, 6.07) is 7.80. The van der Waals surface area contributed by atoms with Crippen LogP contribution in [-0.2, 0) is 0 Å². The van der Waals surface area contributed by atoms with Gasteiger partial charge in [0, 0.05) is 44.8 Å². The number of carbonyl (C=O) groups is 1.